The van der Waals surface area contributed by atoms with Crippen molar-refractivity contribution in [1.29, 1.82) is 0 Å². The number of rotatable bonds is 5. The molecule has 2 aliphatic carbocycles. The van der Waals surface area contributed by atoms with Gasteiger partial charge in [-0.05, 0) is 50.5 Å². The molecule has 0 amide bonds. The van der Waals surface area contributed by atoms with Gasteiger partial charge in [-0.1, -0.05) is 20.3 Å². The van der Waals surface area contributed by atoms with Crippen LogP contribution in [0.3, 0.4) is 0 Å². The van der Waals surface area contributed by atoms with Gasteiger partial charge in [-0.3, -0.25) is 4.90 Å². The van der Waals surface area contributed by atoms with Crippen LogP contribution in [0.1, 0.15) is 52.4 Å². The Bertz CT molecular complexity index is 213. The van der Waals surface area contributed by atoms with E-state index in [0.717, 1.165) is 11.8 Å². The molecular weight excluding hydrogens is 196 g/mol. The highest BCUT2D eigenvalue weighted by Crippen LogP contribution is 2.34. The second-order valence-electron chi connectivity index (χ2n) is 5.85. The Morgan fingerprint density at radius 2 is 1.75 bits per heavy atom. The molecule has 0 aliphatic heterocycles. The molecule has 3 unspecified atom stereocenters. The van der Waals surface area contributed by atoms with Crippen molar-refractivity contribution in [3.05, 3.63) is 0 Å². The molecule has 0 bridgehead atoms. The minimum atomic E-state index is 0.432. The van der Waals surface area contributed by atoms with E-state index >= 15 is 0 Å². The monoisotopic (exact) mass is 224 g/mol. The quantitative estimate of drug-likeness (QED) is 0.778. The summed E-state index contributed by atoms with van der Waals surface area (Å²) in [6.45, 7) is 7.12. The van der Waals surface area contributed by atoms with E-state index in [1.165, 1.54) is 51.6 Å². The van der Waals surface area contributed by atoms with Crippen molar-refractivity contribution in [3.63, 3.8) is 0 Å². The first-order valence-corrected chi connectivity index (χ1v) is 7.24. The van der Waals surface area contributed by atoms with Crippen molar-refractivity contribution in [2.24, 2.45) is 17.6 Å². The molecule has 2 rings (SSSR count). The minimum Gasteiger partial charge on any atom is -0.326 e. The first-order valence-electron chi connectivity index (χ1n) is 7.24. The van der Waals surface area contributed by atoms with Crippen molar-refractivity contribution in [3.8, 4) is 0 Å². The van der Waals surface area contributed by atoms with Crippen LogP contribution in [0, 0.1) is 11.8 Å². The number of hydrogen-bond donors (Lipinski definition) is 1. The van der Waals surface area contributed by atoms with E-state index in [1.54, 1.807) is 0 Å². The Kier molecular flexibility index (Phi) is 4.26. The van der Waals surface area contributed by atoms with Gasteiger partial charge in [0.05, 0.1) is 0 Å². The molecule has 2 heteroatoms. The third-order valence-electron chi connectivity index (χ3n) is 4.62. The van der Waals surface area contributed by atoms with Crippen LogP contribution in [0.2, 0.25) is 0 Å². The fraction of sp³-hybridized carbons (Fsp3) is 1.00. The Morgan fingerprint density at radius 1 is 1.06 bits per heavy atom. The Balaban J connectivity index is 1.91. The van der Waals surface area contributed by atoms with Gasteiger partial charge in [-0.25, -0.2) is 0 Å². The molecule has 0 aromatic carbocycles. The van der Waals surface area contributed by atoms with Crippen LogP contribution in [-0.2, 0) is 0 Å². The van der Waals surface area contributed by atoms with Crippen molar-refractivity contribution in [2.45, 2.75) is 64.5 Å². The molecule has 2 aliphatic rings. The molecular formula is C14H28N2. The summed E-state index contributed by atoms with van der Waals surface area (Å²) in [5.41, 5.74) is 6.33. The maximum Gasteiger partial charge on any atom is 0.0249 e. The summed E-state index contributed by atoms with van der Waals surface area (Å²) in [5.74, 6) is 1.92. The Hall–Kier alpha value is -0.0800. The van der Waals surface area contributed by atoms with Crippen molar-refractivity contribution < 1.29 is 0 Å². The fourth-order valence-electron chi connectivity index (χ4n) is 3.18. The second-order valence-corrected chi connectivity index (χ2v) is 5.85. The van der Waals surface area contributed by atoms with Crippen LogP contribution < -0.4 is 5.73 Å². The summed E-state index contributed by atoms with van der Waals surface area (Å²) < 4.78 is 0. The lowest BCUT2D eigenvalue weighted by Crippen LogP contribution is -2.51. The number of nitrogens with zero attached hydrogens (tertiary/aromatic N) is 1. The maximum atomic E-state index is 6.33. The Morgan fingerprint density at radius 3 is 2.31 bits per heavy atom. The Labute approximate surface area is 101 Å². The van der Waals surface area contributed by atoms with Gasteiger partial charge in [0, 0.05) is 18.6 Å². The van der Waals surface area contributed by atoms with E-state index < -0.39 is 0 Å². The summed E-state index contributed by atoms with van der Waals surface area (Å²) in [4.78, 5) is 2.67. The smallest absolute Gasteiger partial charge is 0.0249 e. The van der Waals surface area contributed by atoms with Crippen LogP contribution in [0.15, 0.2) is 0 Å². The average molecular weight is 224 g/mol. The van der Waals surface area contributed by atoms with Gasteiger partial charge in [-0.2, -0.15) is 0 Å². The third kappa shape index (κ3) is 2.98. The predicted octanol–water partition coefficient (Wildman–Crippen LogP) is 2.62. The summed E-state index contributed by atoms with van der Waals surface area (Å²) >= 11 is 0. The van der Waals surface area contributed by atoms with E-state index in [1.807, 2.05) is 0 Å². The molecule has 2 saturated carbocycles. The highest BCUT2D eigenvalue weighted by atomic mass is 15.2. The van der Waals surface area contributed by atoms with Crippen LogP contribution in [0.4, 0.5) is 0 Å². The van der Waals surface area contributed by atoms with E-state index in [2.05, 4.69) is 18.7 Å². The van der Waals surface area contributed by atoms with Gasteiger partial charge in [0.1, 0.15) is 0 Å². The van der Waals surface area contributed by atoms with Gasteiger partial charge >= 0.3 is 0 Å². The molecule has 3 atom stereocenters. The van der Waals surface area contributed by atoms with E-state index in [-0.39, 0.29) is 0 Å². The first kappa shape index (κ1) is 12.4. The van der Waals surface area contributed by atoms with Gasteiger partial charge in [0.2, 0.25) is 0 Å². The van der Waals surface area contributed by atoms with Crippen LogP contribution in [0.25, 0.3) is 0 Å². The molecule has 0 aromatic rings. The van der Waals surface area contributed by atoms with Crippen LogP contribution in [0.5, 0.6) is 0 Å². The molecule has 94 valence electrons. The normalized spacial score (nSPS) is 35.6. The molecule has 0 spiro atoms. The summed E-state index contributed by atoms with van der Waals surface area (Å²) in [6.07, 6.45) is 8.19. The molecule has 2 N–H and O–H groups in total. The highest BCUT2D eigenvalue weighted by molar-refractivity contribution is 4.90. The van der Waals surface area contributed by atoms with Crippen LogP contribution >= 0.6 is 0 Å². The van der Waals surface area contributed by atoms with Crippen LogP contribution in [-0.4, -0.2) is 30.1 Å². The zero-order valence-electron chi connectivity index (χ0n) is 11.0. The molecule has 2 fully saturated rings. The summed E-state index contributed by atoms with van der Waals surface area (Å²) in [7, 11) is 0. The third-order valence-corrected chi connectivity index (χ3v) is 4.62. The highest BCUT2D eigenvalue weighted by Gasteiger charge is 2.33. The molecule has 0 aromatic heterocycles. The molecule has 0 radical (unpaired) electrons. The van der Waals surface area contributed by atoms with E-state index in [0.29, 0.717) is 12.1 Å². The average Bonchev–Trinajstić information content (AvgIpc) is 3.11. The zero-order chi connectivity index (χ0) is 11.5. The number of nitrogens with two attached hydrogens (primary N) is 1. The lowest BCUT2D eigenvalue weighted by Gasteiger charge is -2.41. The SMILES string of the molecule is CCC1CCC(N)C(N(CC)CC2CC2)C1. The number of likely N-dealkylation sites (N-methyl/N-ethyl adjacent to an activating group) is 1. The molecule has 0 heterocycles. The predicted molar refractivity (Wildman–Crippen MR) is 69.4 cm³/mol. The standard InChI is InChI=1S/C14H28N2/c1-3-11-7-8-13(15)14(9-11)16(4-2)10-12-5-6-12/h11-14H,3-10,15H2,1-2H3. The van der Waals surface area contributed by atoms with E-state index in [4.69, 9.17) is 5.73 Å². The van der Waals surface area contributed by atoms with Gasteiger partial charge in [0.25, 0.3) is 0 Å². The summed E-state index contributed by atoms with van der Waals surface area (Å²) in [6, 6.07) is 1.10. The van der Waals surface area contributed by atoms with Crippen molar-refractivity contribution in [1.82, 2.24) is 4.90 Å². The number of hydrogen-bond acceptors (Lipinski definition) is 2. The molecule has 0 saturated heterocycles. The topological polar surface area (TPSA) is 29.3 Å². The lowest BCUT2D eigenvalue weighted by atomic mass is 9.80. The largest absolute Gasteiger partial charge is 0.326 e. The minimum absolute atomic E-state index is 0.432. The summed E-state index contributed by atoms with van der Waals surface area (Å²) in [5, 5.41) is 0. The van der Waals surface area contributed by atoms with Gasteiger partial charge in [0.15, 0.2) is 0 Å². The van der Waals surface area contributed by atoms with Crippen molar-refractivity contribution >= 4 is 0 Å². The molecule has 2 nitrogen and oxygen atoms in total. The maximum absolute atomic E-state index is 6.33. The van der Waals surface area contributed by atoms with Gasteiger partial charge in [-0.15, -0.1) is 0 Å². The zero-order valence-corrected chi connectivity index (χ0v) is 11.0. The van der Waals surface area contributed by atoms with E-state index in [9.17, 15) is 0 Å². The molecule has 16 heavy (non-hydrogen) atoms. The lowest BCUT2D eigenvalue weighted by molar-refractivity contribution is 0.110. The second kappa shape index (κ2) is 5.50. The van der Waals surface area contributed by atoms with Gasteiger partial charge < -0.3 is 5.73 Å². The van der Waals surface area contributed by atoms with Crippen molar-refractivity contribution in [2.75, 3.05) is 13.1 Å². The fourth-order valence-corrected chi connectivity index (χ4v) is 3.18. The first-order chi connectivity index (χ1) is 7.74.